The molecule has 0 saturated heterocycles. The summed E-state index contributed by atoms with van der Waals surface area (Å²) in [6.07, 6.45) is 0. The minimum atomic E-state index is 0. The van der Waals surface area contributed by atoms with E-state index in [1.54, 1.807) is 0 Å². The number of rotatable bonds is 6. The average molecular weight is 527 g/mol. The van der Waals surface area contributed by atoms with Crippen molar-refractivity contribution in [3.63, 3.8) is 0 Å². The van der Waals surface area contributed by atoms with Gasteiger partial charge in [0.25, 0.3) is 0 Å². The molecule has 0 saturated carbocycles. The van der Waals surface area contributed by atoms with E-state index in [1.807, 2.05) is 14.1 Å². The first kappa shape index (κ1) is 36.6. The number of nitrogens with one attached hydrogen (secondary N) is 4. The van der Waals surface area contributed by atoms with Crippen LogP contribution in [0.5, 0.6) is 0 Å². The van der Waals surface area contributed by atoms with E-state index in [0.29, 0.717) is 36.3 Å². The fourth-order valence-electron chi connectivity index (χ4n) is 2.00. The molecule has 156 valence electrons. The van der Waals surface area contributed by atoms with Crippen LogP contribution in [-0.4, -0.2) is 50.3 Å². The summed E-state index contributed by atoms with van der Waals surface area (Å²) in [5.74, 6) is 0. The molecule has 0 rings (SSSR count). The maximum Gasteiger partial charge on any atom is 0.00127 e. The molecule has 0 amide bonds. The second kappa shape index (κ2) is 26.9. The van der Waals surface area contributed by atoms with Crippen LogP contribution in [0.1, 0.15) is 83.1 Å². The third-order valence-corrected chi connectivity index (χ3v) is 2.00. The topological polar surface area (TPSA) is 48.1 Å². The third kappa shape index (κ3) is 78.9. The molecular formula is C20H52HfN4. The zero-order chi connectivity index (χ0) is 20.3. The smallest absolute Gasteiger partial charge is 0.00127 e. The van der Waals surface area contributed by atoms with Gasteiger partial charge in [-0.25, -0.2) is 0 Å². The fraction of sp³-hybridized carbons (Fsp3) is 1.00. The van der Waals surface area contributed by atoms with Gasteiger partial charge >= 0.3 is 0 Å². The Hall–Kier alpha value is 0.710. The van der Waals surface area contributed by atoms with Gasteiger partial charge in [-0.3, -0.25) is 0 Å². The van der Waals surface area contributed by atoms with Crippen LogP contribution in [0.4, 0.5) is 0 Å². The van der Waals surface area contributed by atoms with Crippen molar-refractivity contribution in [1.29, 1.82) is 0 Å². The van der Waals surface area contributed by atoms with E-state index in [0.717, 1.165) is 0 Å². The summed E-state index contributed by atoms with van der Waals surface area (Å²) in [6.45, 7) is 25.8. The van der Waals surface area contributed by atoms with E-state index in [1.165, 1.54) is 0 Å². The van der Waals surface area contributed by atoms with E-state index >= 15 is 0 Å². The maximum atomic E-state index is 3.31. The maximum absolute atomic E-state index is 3.31. The molecule has 0 radical (unpaired) electrons. The summed E-state index contributed by atoms with van der Waals surface area (Å²) >= 11 is 0. The summed E-state index contributed by atoms with van der Waals surface area (Å²) in [6, 6.07) is 3.75. The van der Waals surface area contributed by atoms with Crippen molar-refractivity contribution in [3.8, 4) is 0 Å². The minimum absolute atomic E-state index is 0. The summed E-state index contributed by atoms with van der Waals surface area (Å²) in [4.78, 5) is 0. The number of hydrogen-bond acceptors (Lipinski definition) is 4. The molecule has 0 aromatic heterocycles. The Morgan fingerprint density at radius 2 is 0.440 bits per heavy atom. The van der Waals surface area contributed by atoms with Crippen LogP contribution in [-0.2, 0) is 25.8 Å². The molecule has 0 aliphatic rings. The van der Waals surface area contributed by atoms with Crippen LogP contribution in [0, 0.1) is 0 Å². The minimum Gasteiger partial charge on any atom is -0.323 e. The molecule has 4 N–H and O–H groups in total. The van der Waals surface area contributed by atoms with Gasteiger partial charge in [-0.15, -0.1) is 0 Å². The van der Waals surface area contributed by atoms with Crippen LogP contribution in [0.15, 0.2) is 0 Å². The van der Waals surface area contributed by atoms with Crippen molar-refractivity contribution in [2.45, 2.75) is 119 Å². The van der Waals surface area contributed by atoms with Gasteiger partial charge in [-0.2, -0.15) is 0 Å². The molecule has 0 heterocycles. The molecule has 0 aromatic carbocycles. The predicted octanol–water partition coefficient (Wildman–Crippen LogP) is 4.01. The van der Waals surface area contributed by atoms with E-state index < -0.39 is 0 Å². The van der Waals surface area contributed by atoms with Crippen molar-refractivity contribution in [2.24, 2.45) is 0 Å². The van der Waals surface area contributed by atoms with Gasteiger partial charge in [0.1, 0.15) is 0 Å². The largest absolute Gasteiger partial charge is 0.323 e. The Balaban J connectivity index is -0.0000000727. The average Bonchev–Trinajstić information content (AvgIpc) is 2.24. The van der Waals surface area contributed by atoms with Crippen molar-refractivity contribution in [3.05, 3.63) is 0 Å². The Morgan fingerprint density at radius 1 is 0.360 bits per heavy atom. The van der Waals surface area contributed by atoms with E-state index in [4.69, 9.17) is 0 Å². The van der Waals surface area contributed by atoms with Crippen LogP contribution in [0.2, 0.25) is 0 Å². The third-order valence-electron chi connectivity index (χ3n) is 2.00. The quantitative estimate of drug-likeness (QED) is 0.395. The normalized spacial score (nSPS) is 10.1. The zero-order valence-corrected chi connectivity index (χ0v) is 23.6. The molecule has 0 fully saturated rings. The molecule has 0 aromatic rings. The molecule has 25 heavy (non-hydrogen) atoms. The van der Waals surface area contributed by atoms with E-state index in [9.17, 15) is 0 Å². The summed E-state index contributed by atoms with van der Waals surface area (Å²) in [7, 11) is 3.75. The summed E-state index contributed by atoms with van der Waals surface area (Å²) < 4.78 is 0. The zero-order valence-electron chi connectivity index (χ0n) is 20.0. The van der Waals surface area contributed by atoms with Gasteiger partial charge in [0.05, 0.1) is 0 Å². The monoisotopic (exact) mass is 528 g/mol. The standard InChI is InChI=1S/3C6H15N.C2H7N.Hf/c3*1-5(2)7-6(3)4;1-3-2;/h3*5-7H,1-4H3;3H,1-2H3;. The molecule has 0 atom stereocenters. The van der Waals surface area contributed by atoms with Crippen LogP contribution in [0.3, 0.4) is 0 Å². The van der Waals surface area contributed by atoms with E-state index in [2.05, 4.69) is 104 Å². The van der Waals surface area contributed by atoms with Gasteiger partial charge in [0, 0.05) is 62.1 Å². The van der Waals surface area contributed by atoms with Gasteiger partial charge in [0.15, 0.2) is 0 Å². The van der Waals surface area contributed by atoms with Gasteiger partial charge in [-0.05, 0) is 14.1 Å². The second-order valence-electron chi connectivity index (χ2n) is 7.93. The van der Waals surface area contributed by atoms with Crippen molar-refractivity contribution < 1.29 is 25.8 Å². The molecule has 4 nitrogen and oxygen atoms in total. The Bertz CT molecular complexity index is 155. The first-order valence-corrected chi connectivity index (χ1v) is 9.66. The molecule has 0 aliphatic heterocycles. The Labute approximate surface area is 180 Å². The SMILES string of the molecule is CC(C)NC(C)C.CC(C)NC(C)C.CC(C)NC(C)C.CNC.[Hf]. The molecule has 0 unspecified atom stereocenters. The molecule has 0 spiro atoms. The van der Waals surface area contributed by atoms with E-state index in [-0.39, 0.29) is 25.8 Å². The predicted molar refractivity (Wildman–Crippen MR) is 115 cm³/mol. The van der Waals surface area contributed by atoms with Gasteiger partial charge in [0.2, 0.25) is 0 Å². The van der Waals surface area contributed by atoms with Crippen molar-refractivity contribution in [2.75, 3.05) is 14.1 Å². The Morgan fingerprint density at radius 3 is 0.440 bits per heavy atom. The first-order chi connectivity index (χ1) is 10.8. The molecule has 0 aliphatic carbocycles. The molecular weight excluding hydrogens is 475 g/mol. The number of hydrogen-bond donors (Lipinski definition) is 4. The summed E-state index contributed by atoms with van der Waals surface area (Å²) in [5.41, 5.74) is 0. The molecule has 0 bridgehead atoms. The Kier molecular flexibility index (Phi) is 39.4. The van der Waals surface area contributed by atoms with Crippen LogP contribution >= 0.6 is 0 Å². The van der Waals surface area contributed by atoms with Crippen molar-refractivity contribution >= 4 is 0 Å². The second-order valence-corrected chi connectivity index (χ2v) is 7.93. The van der Waals surface area contributed by atoms with Crippen LogP contribution in [0.25, 0.3) is 0 Å². The summed E-state index contributed by atoms with van der Waals surface area (Å²) in [5, 5.41) is 12.7. The van der Waals surface area contributed by atoms with Gasteiger partial charge < -0.3 is 21.3 Å². The van der Waals surface area contributed by atoms with Crippen molar-refractivity contribution in [1.82, 2.24) is 21.3 Å². The first-order valence-electron chi connectivity index (χ1n) is 9.66. The van der Waals surface area contributed by atoms with Crippen LogP contribution < -0.4 is 21.3 Å². The van der Waals surface area contributed by atoms with Gasteiger partial charge in [-0.1, -0.05) is 83.1 Å². The molecule has 5 heteroatoms. The fourth-order valence-corrected chi connectivity index (χ4v) is 2.00.